The Hall–Kier alpha value is -2.42. The van der Waals surface area contributed by atoms with Crippen molar-refractivity contribution in [1.82, 2.24) is 4.98 Å². The van der Waals surface area contributed by atoms with E-state index in [1.54, 1.807) is 13.0 Å². The number of H-pyrrole nitrogens is 1. The van der Waals surface area contributed by atoms with Crippen LogP contribution in [0.5, 0.6) is 0 Å². The Bertz CT molecular complexity index is 798. The molecule has 1 aromatic heterocycles. The highest BCUT2D eigenvalue weighted by molar-refractivity contribution is 5.77. The van der Waals surface area contributed by atoms with Crippen molar-refractivity contribution in [2.45, 2.75) is 25.4 Å². The molecule has 9 heteroatoms. The van der Waals surface area contributed by atoms with Gasteiger partial charge < -0.3 is 32.4 Å². The van der Waals surface area contributed by atoms with Gasteiger partial charge in [0.15, 0.2) is 12.1 Å². The topological polar surface area (TPSA) is 108 Å². The van der Waals surface area contributed by atoms with Gasteiger partial charge in [-0.2, -0.15) is 14.3 Å². The Balaban J connectivity index is 0.00000243. The number of halogens is 1. The summed E-state index contributed by atoms with van der Waals surface area (Å²) in [4.78, 5) is 26.5. The Morgan fingerprint density at radius 3 is 2.81 bits per heavy atom. The van der Waals surface area contributed by atoms with Crippen molar-refractivity contribution < 1.29 is 36.0 Å². The molecule has 1 saturated heterocycles. The number of benzene rings is 1. The Kier molecular flexibility index (Phi) is 6.73. The van der Waals surface area contributed by atoms with Crippen LogP contribution in [-0.4, -0.2) is 30.5 Å². The van der Waals surface area contributed by atoms with E-state index in [-0.39, 0.29) is 43.3 Å². The Labute approximate surface area is 156 Å². The van der Waals surface area contributed by atoms with Crippen LogP contribution in [0.3, 0.4) is 0 Å². The highest BCUT2D eigenvalue weighted by Crippen LogP contribution is 2.19. The number of carbonyl (C=O) groups excluding carboxylic acids is 1. The number of ether oxygens (including phenoxy) is 3. The Morgan fingerprint density at radius 1 is 1.38 bits per heavy atom. The average molecular weight is 382 g/mol. The summed E-state index contributed by atoms with van der Waals surface area (Å²) in [7, 11) is 0. The number of nitrogens with zero attached hydrogens (tertiary/aromatic N) is 1. The quantitative estimate of drug-likeness (QED) is 0.437. The van der Waals surface area contributed by atoms with E-state index in [0.717, 1.165) is 5.56 Å². The lowest BCUT2D eigenvalue weighted by molar-refractivity contribution is -0.771. The number of hydrogen-bond donors (Lipinski definition) is 2. The molecule has 0 saturated carbocycles. The second-order valence-corrected chi connectivity index (χ2v) is 5.72. The molecule has 0 bridgehead atoms. The third-order valence-corrected chi connectivity index (χ3v) is 3.96. The number of aromatic nitrogens is 2. The van der Waals surface area contributed by atoms with Gasteiger partial charge in [0.05, 0.1) is 5.92 Å². The summed E-state index contributed by atoms with van der Waals surface area (Å²) >= 11 is 0. The predicted octanol–water partition coefficient (Wildman–Crippen LogP) is -2.53. The number of esters is 1. The minimum absolute atomic E-state index is 0. The zero-order chi connectivity index (χ0) is 17.8. The van der Waals surface area contributed by atoms with Crippen LogP contribution >= 0.6 is 0 Å². The van der Waals surface area contributed by atoms with Gasteiger partial charge in [-0.25, -0.2) is 0 Å². The summed E-state index contributed by atoms with van der Waals surface area (Å²) in [6.07, 6.45) is 0.203. The maximum Gasteiger partial charge on any atom is 0.499 e. The molecule has 3 rings (SSSR count). The van der Waals surface area contributed by atoms with E-state index in [2.05, 4.69) is 4.98 Å². The van der Waals surface area contributed by atoms with E-state index in [0.29, 0.717) is 0 Å². The van der Waals surface area contributed by atoms with Gasteiger partial charge in [0.25, 0.3) is 0 Å². The number of anilines is 1. The molecule has 3 N–H and O–H groups in total. The third-order valence-electron chi connectivity index (χ3n) is 3.96. The maximum absolute atomic E-state index is 12.1. The van der Waals surface area contributed by atoms with Crippen LogP contribution in [0.25, 0.3) is 0 Å². The molecule has 1 fully saturated rings. The molecule has 0 amide bonds. The smallest absolute Gasteiger partial charge is 0.499 e. The summed E-state index contributed by atoms with van der Waals surface area (Å²) in [6.45, 7) is 1.91. The van der Waals surface area contributed by atoms with Crippen molar-refractivity contribution in [3.8, 4) is 0 Å². The molecule has 2 heterocycles. The summed E-state index contributed by atoms with van der Waals surface area (Å²) in [5.74, 6) is -0.479. The molecular weight excluding hydrogens is 362 g/mol. The lowest BCUT2D eigenvalue weighted by Gasteiger charge is -2.14. The van der Waals surface area contributed by atoms with Gasteiger partial charge in [-0.3, -0.25) is 4.79 Å². The zero-order valence-corrected chi connectivity index (χ0v) is 14.9. The molecule has 1 aliphatic heterocycles. The van der Waals surface area contributed by atoms with E-state index in [1.165, 1.54) is 10.8 Å². The first-order valence-corrected chi connectivity index (χ1v) is 7.93. The van der Waals surface area contributed by atoms with Gasteiger partial charge in [0, 0.05) is 6.07 Å². The second kappa shape index (κ2) is 8.79. The molecule has 1 aromatic carbocycles. The standard InChI is InChI=1S/C17H19N3O5.ClH/c1-11(12-5-3-2-4-6-12)16(21)24-10-15-23-9-14(25-15)20-8-7-13(18)19-17(20)22;/h2-8,11,14-15H,9-10H2,1H3,(H2,18,19,22);1H/t11?,14-,15-;/m0./s1. The Morgan fingerprint density at radius 2 is 2.12 bits per heavy atom. The predicted molar refractivity (Wildman–Crippen MR) is 87.3 cm³/mol. The number of carbonyl (C=O) groups is 1. The molecule has 0 spiro atoms. The molecule has 0 radical (unpaired) electrons. The number of aromatic amines is 1. The van der Waals surface area contributed by atoms with Crippen LogP contribution in [0.1, 0.15) is 24.6 Å². The maximum atomic E-state index is 12.1. The number of hydrogen-bond acceptors (Lipinski definition) is 6. The van der Waals surface area contributed by atoms with E-state index in [9.17, 15) is 9.59 Å². The van der Waals surface area contributed by atoms with Gasteiger partial charge in [-0.1, -0.05) is 30.3 Å². The third kappa shape index (κ3) is 4.60. The van der Waals surface area contributed by atoms with Crippen molar-refractivity contribution >= 4 is 11.8 Å². The molecule has 1 aliphatic rings. The molecule has 3 atom stereocenters. The zero-order valence-electron chi connectivity index (χ0n) is 14.1. The highest BCUT2D eigenvalue weighted by Gasteiger charge is 2.33. The van der Waals surface area contributed by atoms with Crippen molar-refractivity contribution in [3.63, 3.8) is 0 Å². The fourth-order valence-corrected chi connectivity index (χ4v) is 2.51. The van der Waals surface area contributed by atoms with Gasteiger partial charge >= 0.3 is 11.7 Å². The molecule has 140 valence electrons. The van der Waals surface area contributed by atoms with E-state index >= 15 is 0 Å². The van der Waals surface area contributed by atoms with Gasteiger partial charge in [-0.15, -0.1) is 0 Å². The first-order valence-electron chi connectivity index (χ1n) is 7.93. The van der Waals surface area contributed by atoms with Gasteiger partial charge in [0.2, 0.25) is 6.23 Å². The average Bonchev–Trinajstić information content (AvgIpc) is 3.08. The molecule has 26 heavy (non-hydrogen) atoms. The van der Waals surface area contributed by atoms with E-state index in [1.807, 2.05) is 30.3 Å². The summed E-state index contributed by atoms with van der Waals surface area (Å²) in [5, 5.41) is 0. The fourth-order valence-electron chi connectivity index (χ4n) is 2.51. The van der Waals surface area contributed by atoms with Crippen molar-refractivity contribution in [1.29, 1.82) is 0 Å². The number of nitrogens with one attached hydrogen (secondary N) is 1. The largest absolute Gasteiger partial charge is 1.00 e. The lowest BCUT2D eigenvalue weighted by Crippen LogP contribution is -3.00. The summed E-state index contributed by atoms with van der Waals surface area (Å²) < 4.78 is 17.7. The SMILES string of the molecule is CC(C(=O)OC[C@H]1OC[C@@H]([n+]2ccc(N)[nH]c2=O)O1)c1ccccc1.[Cl-]. The monoisotopic (exact) mass is 381 g/mol. The van der Waals surface area contributed by atoms with Crippen LogP contribution < -0.4 is 28.4 Å². The van der Waals surface area contributed by atoms with E-state index < -0.39 is 18.2 Å². The minimum atomic E-state index is -0.721. The lowest BCUT2D eigenvalue weighted by atomic mass is 10.0. The summed E-state index contributed by atoms with van der Waals surface area (Å²) in [5.41, 5.74) is 5.99. The van der Waals surface area contributed by atoms with Crippen molar-refractivity contribution in [3.05, 3.63) is 58.6 Å². The molecule has 0 aliphatic carbocycles. The molecule has 8 nitrogen and oxygen atoms in total. The normalized spacial score (nSPS) is 20.2. The second-order valence-electron chi connectivity index (χ2n) is 5.72. The van der Waals surface area contributed by atoms with Crippen LogP contribution in [0, 0.1) is 0 Å². The van der Waals surface area contributed by atoms with Gasteiger partial charge in [0.1, 0.15) is 19.4 Å². The first kappa shape index (κ1) is 19.9. The van der Waals surface area contributed by atoms with Crippen molar-refractivity contribution in [2.75, 3.05) is 18.9 Å². The number of nitrogens with two attached hydrogens (primary N) is 1. The number of nitrogen functional groups attached to an aromatic ring is 1. The highest BCUT2D eigenvalue weighted by atomic mass is 35.5. The van der Waals surface area contributed by atoms with Crippen LogP contribution in [-0.2, 0) is 19.0 Å². The van der Waals surface area contributed by atoms with Crippen LogP contribution in [0.2, 0.25) is 0 Å². The van der Waals surface area contributed by atoms with E-state index in [4.69, 9.17) is 19.9 Å². The van der Waals surface area contributed by atoms with Gasteiger partial charge in [-0.05, 0) is 12.5 Å². The molecular formula is C17H20ClN3O5. The summed E-state index contributed by atoms with van der Waals surface area (Å²) in [6, 6.07) is 10.9. The van der Waals surface area contributed by atoms with Crippen LogP contribution in [0.4, 0.5) is 5.82 Å². The van der Waals surface area contributed by atoms with Crippen LogP contribution in [0.15, 0.2) is 47.4 Å². The van der Waals surface area contributed by atoms with Crippen molar-refractivity contribution in [2.24, 2.45) is 0 Å². The fraction of sp³-hybridized carbons (Fsp3) is 0.353. The molecule has 1 unspecified atom stereocenters. The first-order chi connectivity index (χ1) is 12.0. The number of rotatable bonds is 5. The minimum Gasteiger partial charge on any atom is -1.00 e. The molecule has 2 aromatic rings.